The smallest absolute Gasteiger partial charge is 0.0842 e. The van der Waals surface area contributed by atoms with Crippen LogP contribution in [0.1, 0.15) is 51.2 Å². The van der Waals surface area contributed by atoms with Crippen LogP contribution in [-0.4, -0.2) is 10.9 Å². The number of fused-ring (bicyclic) bond motifs is 1. The number of hydrogen-bond donors (Lipinski definition) is 0. The molecular weight excluding hydrogens is 395 g/mol. The maximum Gasteiger partial charge on any atom is 0.0842 e. The molecular formula is C23H26Cl2OS. The maximum atomic E-state index is 6.66. The van der Waals surface area contributed by atoms with Crippen LogP contribution in [0.5, 0.6) is 0 Å². The van der Waals surface area contributed by atoms with Crippen LogP contribution in [0, 0.1) is 11.8 Å². The lowest BCUT2D eigenvalue weighted by molar-refractivity contribution is -0.122. The zero-order chi connectivity index (χ0) is 19.0. The van der Waals surface area contributed by atoms with Gasteiger partial charge < -0.3 is 4.74 Å². The van der Waals surface area contributed by atoms with Gasteiger partial charge in [0.15, 0.2) is 0 Å². The molecule has 1 aliphatic heterocycles. The molecule has 0 spiro atoms. The van der Waals surface area contributed by atoms with E-state index < -0.39 is 0 Å². The van der Waals surface area contributed by atoms with Crippen LogP contribution in [0.25, 0.3) is 0 Å². The first-order chi connectivity index (χ1) is 12.9. The molecule has 1 heterocycles. The minimum atomic E-state index is 0.124. The zero-order valence-corrected chi connectivity index (χ0v) is 18.2. The molecule has 27 heavy (non-hydrogen) atoms. The van der Waals surface area contributed by atoms with Crippen molar-refractivity contribution in [3.05, 3.63) is 64.1 Å². The van der Waals surface area contributed by atoms with Crippen molar-refractivity contribution in [2.24, 2.45) is 11.8 Å². The van der Waals surface area contributed by atoms with Gasteiger partial charge in [0, 0.05) is 25.6 Å². The van der Waals surface area contributed by atoms with E-state index in [0.29, 0.717) is 12.0 Å². The average molecular weight is 421 g/mol. The highest BCUT2D eigenvalue weighted by atomic mass is 35.5. The maximum absolute atomic E-state index is 6.66. The van der Waals surface area contributed by atoms with E-state index >= 15 is 0 Å². The van der Waals surface area contributed by atoms with Gasteiger partial charge in [-0.2, -0.15) is 0 Å². The molecule has 1 saturated carbocycles. The van der Waals surface area contributed by atoms with Crippen molar-refractivity contribution in [3.63, 3.8) is 0 Å². The van der Waals surface area contributed by atoms with Crippen molar-refractivity contribution in [2.75, 3.05) is 0 Å². The molecule has 4 rings (SSSR count). The van der Waals surface area contributed by atoms with Crippen LogP contribution in [-0.2, 0) is 4.74 Å². The number of ether oxygens (including phenoxy) is 1. The Bertz CT molecular complexity index is 776. The van der Waals surface area contributed by atoms with Crippen molar-refractivity contribution < 1.29 is 4.74 Å². The SMILES string of the molecule is C[C@@H]1CC[C@@H]2[C@@H](C1)O[C@@H](c1ccc(Cl)cc1)C[C@@]2(C)Sc1ccc(Cl)cc1. The molecule has 2 aromatic carbocycles. The molecule has 4 heteroatoms. The molecule has 0 unspecified atom stereocenters. The topological polar surface area (TPSA) is 9.23 Å². The van der Waals surface area contributed by atoms with Gasteiger partial charge in [-0.1, -0.05) is 48.7 Å². The Morgan fingerprint density at radius 1 is 0.963 bits per heavy atom. The molecule has 5 atom stereocenters. The average Bonchev–Trinajstić information content (AvgIpc) is 2.63. The van der Waals surface area contributed by atoms with E-state index in [0.717, 1.165) is 28.8 Å². The Kier molecular flexibility index (Phi) is 5.81. The lowest BCUT2D eigenvalue weighted by atomic mass is 9.70. The molecule has 2 aromatic rings. The summed E-state index contributed by atoms with van der Waals surface area (Å²) in [6.45, 7) is 4.79. The van der Waals surface area contributed by atoms with E-state index in [2.05, 4.69) is 38.1 Å². The Hall–Kier alpha value is -0.670. The molecule has 0 bridgehead atoms. The normalized spacial score (nSPS) is 33.5. The summed E-state index contributed by atoms with van der Waals surface area (Å²) in [5, 5.41) is 1.57. The Balaban J connectivity index is 1.63. The van der Waals surface area contributed by atoms with E-state index in [1.165, 1.54) is 23.3 Å². The zero-order valence-electron chi connectivity index (χ0n) is 15.8. The predicted molar refractivity (Wildman–Crippen MR) is 116 cm³/mol. The summed E-state index contributed by atoms with van der Waals surface area (Å²) in [6, 6.07) is 16.4. The standard InChI is InChI=1S/C23H26Cl2OS/c1-15-3-12-20-21(13-15)26-22(16-4-6-17(24)7-5-16)14-23(20,2)27-19-10-8-18(25)9-11-19/h4-11,15,20-22H,3,12-14H2,1-2H3/t15-,20-,21-,22-,23-/m1/s1. The minimum absolute atomic E-state index is 0.124. The van der Waals surface area contributed by atoms with Gasteiger partial charge in [-0.15, -0.1) is 11.8 Å². The third-order valence-electron chi connectivity index (χ3n) is 6.17. The fraction of sp³-hybridized carbons (Fsp3) is 0.478. The van der Waals surface area contributed by atoms with Gasteiger partial charge in [0.2, 0.25) is 0 Å². The summed E-state index contributed by atoms with van der Waals surface area (Å²) in [6.07, 6.45) is 5.16. The summed E-state index contributed by atoms with van der Waals surface area (Å²) in [4.78, 5) is 1.29. The Morgan fingerprint density at radius 2 is 1.59 bits per heavy atom. The third-order valence-corrected chi connectivity index (χ3v) is 8.12. The van der Waals surface area contributed by atoms with Crippen molar-refractivity contribution >= 4 is 35.0 Å². The van der Waals surface area contributed by atoms with Gasteiger partial charge in [0.25, 0.3) is 0 Å². The molecule has 1 saturated heterocycles. The van der Waals surface area contributed by atoms with Crippen LogP contribution in [0.15, 0.2) is 53.4 Å². The summed E-state index contributed by atoms with van der Waals surface area (Å²) in [5.74, 6) is 1.32. The van der Waals surface area contributed by atoms with Gasteiger partial charge in [-0.3, -0.25) is 0 Å². The van der Waals surface area contributed by atoms with E-state index in [-0.39, 0.29) is 10.9 Å². The predicted octanol–water partition coefficient (Wildman–Crippen LogP) is 7.81. The first-order valence-corrected chi connectivity index (χ1v) is 11.4. The summed E-state index contributed by atoms with van der Waals surface area (Å²) in [5.41, 5.74) is 1.24. The fourth-order valence-corrected chi connectivity index (χ4v) is 6.44. The summed E-state index contributed by atoms with van der Waals surface area (Å²) in [7, 11) is 0. The molecule has 144 valence electrons. The van der Waals surface area contributed by atoms with Crippen LogP contribution in [0.2, 0.25) is 10.0 Å². The number of hydrogen-bond acceptors (Lipinski definition) is 2. The molecule has 0 amide bonds. The molecule has 0 aromatic heterocycles. The molecule has 2 aliphatic rings. The van der Waals surface area contributed by atoms with Gasteiger partial charge in [0.05, 0.1) is 12.2 Å². The number of rotatable bonds is 3. The Labute approximate surface area is 176 Å². The van der Waals surface area contributed by atoms with E-state index in [4.69, 9.17) is 27.9 Å². The summed E-state index contributed by atoms with van der Waals surface area (Å²) < 4.78 is 6.80. The van der Waals surface area contributed by atoms with Crippen LogP contribution < -0.4 is 0 Å². The quantitative estimate of drug-likeness (QED) is 0.500. The largest absolute Gasteiger partial charge is 0.370 e. The summed E-state index contributed by atoms with van der Waals surface area (Å²) >= 11 is 14.2. The Morgan fingerprint density at radius 3 is 2.26 bits per heavy atom. The van der Waals surface area contributed by atoms with Gasteiger partial charge in [-0.05, 0) is 74.1 Å². The lowest BCUT2D eigenvalue weighted by Crippen LogP contribution is -2.49. The number of halogens is 2. The molecule has 0 radical (unpaired) electrons. The second-order valence-electron chi connectivity index (χ2n) is 8.31. The highest BCUT2D eigenvalue weighted by Gasteiger charge is 2.49. The monoisotopic (exact) mass is 420 g/mol. The van der Waals surface area contributed by atoms with Gasteiger partial charge >= 0.3 is 0 Å². The van der Waals surface area contributed by atoms with Crippen molar-refractivity contribution in [1.82, 2.24) is 0 Å². The number of benzene rings is 2. The van der Waals surface area contributed by atoms with Gasteiger partial charge in [-0.25, -0.2) is 0 Å². The highest BCUT2D eigenvalue weighted by Crippen LogP contribution is 2.55. The van der Waals surface area contributed by atoms with Crippen LogP contribution in [0.3, 0.4) is 0 Å². The van der Waals surface area contributed by atoms with Gasteiger partial charge in [0.1, 0.15) is 0 Å². The highest BCUT2D eigenvalue weighted by molar-refractivity contribution is 8.00. The molecule has 0 N–H and O–H groups in total. The van der Waals surface area contributed by atoms with Crippen LogP contribution >= 0.6 is 35.0 Å². The van der Waals surface area contributed by atoms with E-state index in [9.17, 15) is 0 Å². The molecule has 1 nitrogen and oxygen atoms in total. The van der Waals surface area contributed by atoms with Crippen molar-refractivity contribution in [1.29, 1.82) is 0 Å². The second-order valence-corrected chi connectivity index (χ2v) is 10.8. The molecule has 1 aliphatic carbocycles. The first-order valence-electron chi connectivity index (χ1n) is 9.78. The minimum Gasteiger partial charge on any atom is -0.370 e. The second kappa shape index (κ2) is 7.99. The van der Waals surface area contributed by atoms with Crippen molar-refractivity contribution in [3.8, 4) is 0 Å². The first kappa shape index (κ1) is 19.6. The lowest BCUT2D eigenvalue weighted by Gasteiger charge is -2.52. The van der Waals surface area contributed by atoms with E-state index in [1.807, 2.05) is 36.0 Å². The fourth-order valence-electron chi connectivity index (χ4n) is 4.72. The van der Waals surface area contributed by atoms with E-state index in [1.54, 1.807) is 0 Å². The third kappa shape index (κ3) is 4.34. The van der Waals surface area contributed by atoms with Crippen LogP contribution in [0.4, 0.5) is 0 Å². The number of thioether (sulfide) groups is 1. The molecule has 2 fully saturated rings. The van der Waals surface area contributed by atoms with Crippen molar-refractivity contribution in [2.45, 2.75) is 61.4 Å².